The zero-order valence-electron chi connectivity index (χ0n) is 11.0. The molecule has 7 heteroatoms. The van der Waals surface area contributed by atoms with Gasteiger partial charge in [-0.25, -0.2) is 0 Å². The Labute approximate surface area is 145 Å². The third kappa shape index (κ3) is 6.31. The second-order valence-electron chi connectivity index (χ2n) is 3.22. The molecular formula is C15H8BrN2O3Re-3. The average Bonchev–Trinajstić information content (AvgIpc) is 2.68. The van der Waals surface area contributed by atoms with Crippen LogP contribution in [0.25, 0.3) is 21.8 Å². The molecule has 0 bridgehead atoms. The molecule has 0 aliphatic rings. The van der Waals surface area contributed by atoms with Crippen LogP contribution in [0.15, 0.2) is 48.8 Å². The number of nitrogens with zero attached hydrogens (tertiary/aromatic N) is 2. The summed E-state index contributed by atoms with van der Waals surface area (Å²) in [7, 11) is 0. The summed E-state index contributed by atoms with van der Waals surface area (Å²) >= 11 is 4.53. The van der Waals surface area contributed by atoms with Gasteiger partial charge in [0, 0.05) is 23.2 Å². The van der Waals surface area contributed by atoms with Crippen molar-refractivity contribution in [2.24, 2.45) is 0 Å². The van der Waals surface area contributed by atoms with Gasteiger partial charge in [-0.05, 0) is 12.1 Å². The van der Waals surface area contributed by atoms with E-state index in [1.54, 1.807) is 12.4 Å². The largest absolute Gasteiger partial charge is 0.573 e. The number of benzene rings is 1. The minimum absolute atomic E-state index is 0.977. The van der Waals surface area contributed by atoms with Gasteiger partial charge in [0.15, 0.2) is 0 Å². The Kier molecular flexibility index (Phi) is 15.9. The van der Waals surface area contributed by atoms with Crippen molar-refractivity contribution in [3.8, 4) is 0 Å². The van der Waals surface area contributed by atoms with Crippen LogP contribution in [-0.2, 0) is 31.6 Å². The molecule has 3 rings (SSSR count). The van der Waals surface area contributed by atoms with Crippen molar-refractivity contribution in [3.05, 3.63) is 48.8 Å². The van der Waals surface area contributed by atoms with E-state index in [0.717, 1.165) is 21.8 Å². The third-order valence-corrected chi connectivity index (χ3v) is 2.34. The summed E-state index contributed by atoms with van der Waals surface area (Å²) in [5.41, 5.74) is 1.95. The fourth-order valence-electron chi connectivity index (χ4n) is 1.68. The van der Waals surface area contributed by atoms with E-state index >= 15 is 0 Å². The summed E-state index contributed by atoms with van der Waals surface area (Å²) in [5.74, 6) is 0. The van der Waals surface area contributed by atoms with E-state index in [0.29, 0.717) is 0 Å². The van der Waals surface area contributed by atoms with Crippen molar-refractivity contribution in [2.45, 2.75) is 0 Å². The molecule has 2 heterocycles. The van der Waals surface area contributed by atoms with Crippen molar-refractivity contribution in [1.82, 2.24) is 9.97 Å². The molecule has 22 heavy (non-hydrogen) atoms. The van der Waals surface area contributed by atoms with Crippen molar-refractivity contribution in [2.75, 3.05) is 0 Å². The van der Waals surface area contributed by atoms with E-state index in [2.05, 4.69) is 68.0 Å². The monoisotopic (exact) mass is 530 g/mol. The molecule has 0 spiro atoms. The molecule has 0 aliphatic carbocycles. The SMILES string of the molecule is [Br][Re].[C-]=O.[C-]=O.[C-]=O.c1cnc2c(c1)ccc1cccnc12. The first kappa shape index (κ1) is 22.5. The Morgan fingerprint density at radius 1 is 0.682 bits per heavy atom. The molecule has 113 valence electrons. The average molecular weight is 530 g/mol. The van der Waals surface area contributed by atoms with Gasteiger partial charge in [-0.3, -0.25) is 9.97 Å². The number of halogens is 1. The summed E-state index contributed by atoms with van der Waals surface area (Å²) < 4.78 is 0. The molecular weight excluding hydrogens is 522 g/mol. The molecule has 0 aliphatic heterocycles. The predicted octanol–water partition coefficient (Wildman–Crippen LogP) is 2.43. The van der Waals surface area contributed by atoms with Gasteiger partial charge < -0.3 is 34.8 Å². The number of hydrogen-bond donors (Lipinski definition) is 0. The van der Waals surface area contributed by atoms with E-state index in [1.807, 2.05) is 12.1 Å². The fraction of sp³-hybridized carbons (Fsp3) is 0. The first-order chi connectivity index (χ1) is 10.9. The van der Waals surface area contributed by atoms with Gasteiger partial charge in [0.05, 0.1) is 11.0 Å². The molecule has 0 amide bonds. The summed E-state index contributed by atoms with van der Waals surface area (Å²) in [6, 6.07) is 12.1. The first-order valence-corrected chi connectivity index (χ1v) is 11.2. The minimum Gasteiger partial charge on any atom is -0.573 e. The molecule has 0 unspecified atom stereocenters. The Hall–Kier alpha value is -1.81. The molecule has 1 aromatic carbocycles. The number of pyridine rings is 2. The number of aromatic nitrogens is 2. The van der Waals surface area contributed by atoms with E-state index < -0.39 is 0 Å². The van der Waals surface area contributed by atoms with Crippen LogP contribution < -0.4 is 0 Å². The normalized spacial score (nSPS) is 7.73. The number of hydrogen-bond acceptors (Lipinski definition) is 5. The van der Waals surface area contributed by atoms with Gasteiger partial charge in [-0.1, -0.05) is 24.3 Å². The molecule has 0 fully saturated rings. The van der Waals surface area contributed by atoms with Gasteiger partial charge in [-0.2, -0.15) is 0 Å². The van der Waals surface area contributed by atoms with Crippen LogP contribution >= 0.6 is 13.4 Å². The van der Waals surface area contributed by atoms with Gasteiger partial charge in [-0.15, -0.1) is 0 Å². The van der Waals surface area contributed by atoms with Gasteiger partial charge in [0.1, 0.15) is 0 Å². The summed E-state index contributed by atoms with van der Waals surface area (Å²) in [6.07, 6.45) is 3.60. The number of carbonyl (C=O) groups excluding carboxylic acids is 3. The number of rotatable bonds is 0. The zero-order chi connectivity index (χ0) is 17.4. The third-order valence-electron chi connectivity index (χ3n) is 2.34. The maximum atomic E-state index is 7.50. The van der Waals surface area contributed by atoms with Gasteiger partial charge >= 0.3 is 30.6 Å². The van der Waals surface area contributed by atoms with E-state index in [4.69, 9.17) is 14.4 Å². The second kappa shape index (κ2) is 15.6. The van der Waals surface area contributed by atoms with Crippen LogP contribution in [0.5, 0.6) is 0 Å². The van der Waals surface area contributed by atoms with E-state index in [1.165, 1.54) is 17.2 Å². The van der Waals surface area contributed by atoms with Crippen LogP contribution in [0.1, 0.15) is 0 Å². The first-order valence-electron chi connectivity index (χ1n) is 5.29. The van der Waals surface area contributed by atoms with Crippen LogP contribution in [0.4, 0.5) is 0 Å². The second-order valence-corrected chi connectivity index (χ2v) is 3.22. The van der Waals surface area contributed by atoms with E-state index in [9.17, 15) is 0 Å². The summed E-state index contributed by atoms with van der Waals surface area (Å²) in [5, 5.41) is 2.28. The predicted molar refractivity (Wildman–Crippen MR) is 83.1 cm³/mol. The van der Waals surface area contributed by atoms with Crippen molar-refractivity contribution < 1.29 is 31.6 Å². The standard InChI is InChI=1S/C12H8N2.3CO.BrH.Re/c1-3-9-5-6-10-4-2-8-14-12(10)11(9)13-7-1;3*1-2;;/h1-8H;;;;1H;/q;3*-1;;+1/p-1. The molecule has 0 atom stereocenters. The van der Waals surface area contributed by atoms with Crippen LogP contribution in [0.2, 0.25) is 0 Å². The Morgan fingerprint density at radius 2 is 1.00 bits per heavy atom. The quantitative estimate of drug-likeness (QED) is 0.330. The summed E-state index contributed by atoms with van der Waals surface area (Å²) in [4.78, 5) is 31.2. The molecule has 2 aromatic heterocycles. The van der Waals surface area contributed by atoms with Crippen molar-refractivity contribution in [1.29, 1.82) is 0 Å². The van der Waals surface area contributed by atoms with Gasteiger partial charge in [0.25, 0.3) is 0 Å². The molecule has 3 radical (unpaired) electrons. The zero-order valence-corrected chi connectivity index (χ0v) is 15.3. The Bertz CT molecular complexity index is 611. The minimum atomic E-state index is 0.977. The smallest absolute Gasteiger partial charge is 0.0964 e. The maximum Gasteiger partial charge on any atom is 0.0964 e. The van der Waals surface area contributed by atoms with Crippen LogP contribution in [0, 0.1) is 0 Å². The van der Waals surface area contributed by atoms with Crippen molar-refractivity contribution in [3.63, 3.8) is 0 Å². The van der Waals surface area contributed by atoms with E-state index in [-0.39, 0.29) is 0 Å². The molecule has 0 saturated heterocycles. The van der Waals surface area contributed by atoms with Crippen LogP contribution in [0.3, 0.4) is 0 Å². The molecule has 3 aromatic rings. The van der Waals surface area contributed by atoms with Crippen LogP contribution in [-0.4, -0.2) is 30.3 Å². The Balaban J connectivity index is 0. The fourth-order valence-corrected chi connectivity index (χ4v) is 1.68. The number of fused-ring (bicyclic) bond motifs is 3. The molecule has 5 nitrogen and oxygen atoms in total. The molecule has 0 N–H and O–H groups in total. The maximum absolute atomic E-state index is 7.50. The van der Waals surface area contributed by atoms with Crippen molar-refractivity contribution >= 4 is 55.6 Å². The topological polar surface area (TPSA) is 77.0 Å². The summed E-state index contributed by atoms with van der Waals surface area (Å²) in [6.45, 7) is 13.5. The molecule has 0 saturated carbocycles. The van der Waals surface area contributed by atoms with Gasteiger partial charge in [0.2, 0.25) is 0 Å². The Morgan fingerprint density at radius 3 is 1.32 bits per heavy atom.